The molecule has 0 unspecified atom stereocenters. The number of rotatable bonds is 3. The Labute approximate surface area is 165 Å². The van der Waals surface area contributed by atoms with Crippen molar-refractivity contribution in [2.75, 3.05) is 40.2 Å². The first-order valence-corrected chi connectivity index (χ1v) is 9.30. The summed E-state index contributed by atoms with van der Waals surface area (Å²) in [5.41, 5.74) is 5.40. The molecule has 142 valence electrons. The lowest BCUT2D eigenvalue weighted by molar-refractivity contribution is 0.415. The van der Waals surface area contributed by atoms with E-state index in [4.69, 9.17) is 9.15 Å². The van der Waals surface area contributed by atoms with Gasteiger partial charge in [0.25, 0.3) is 0 Å². The van der Waals surface area contributed by atoms with Crippen LogP contribution in [0.4, 0.5) is 5.69 Å². The predicted molar refractivity (Wildman–Crippen MR) is 116 cm³/mol. The third kappa shape index (κ3) is 3.11. The first kappa shape index (κ1) is 18.1. The zero-order valence-corrected chi connectivity index (χ0v) is 17.0. The monoisotopic (exact) mass is 373 g/mol. The fourth-order valence-corrected chi connectivity index (χ4v) is 3.49. The number of hydrogen-bond acceptors (Lipinski definition) is 3. The normalized spacial score (nSPS) is 11.0. The highest BCUT2D eigenvalue weighted by molar-refractivity contribution is 6.02. The van der Waals surface area contributed by atoms with Crippen molar-refractivity contribution in [2.45, 2.75) is 0 Å². The number of fused-ring (bicyclic) bond motifs is 2. The van der Waals surface area contributed by atoms with E-state index in [-0.39, 0.29) is 0 Å². The average Bonchev–Trinajstić information content (AvgIpc) is 2.71. The third-order valence-corrected chi connectivity index (χ3v) is 5.10. The van der Waals surface area contributed by atoms with E-state index in [0.29, 0.717) is 0 Å². The zero-order chi connectivity index (χ0) is 19.8. The predicted octanol–water partition coefficient (Wildman–Crippen LogP) is 4.31. The summed E-state index contributed by atoms with van der Waals surface area (Å²) in [6, 6.07) is 21.0. The van der Waals surface area contributed by atoms with Gasteiger partial charge in [-0.1, -0.05) is 12.1 Å². The zero-order valence-electron chi connectivity index (χ0n) is 17.0. The summed E-state index contributed by atoms with van der Waals surface area (Å²) in [6.07, 6.45) is 0. The topological polar surface area (TPSA) is 28.6 Å². The van der Waals surface area contributed by atoms with Gasteiger partial charge < -0.3 is 14.1 Å². The molecule has 0 saturated heterocycles. The Hall–Kier alpha value is -3.27. The van der Waals surface area contributed by atoms with Gasteiger partial charge in [0, 0.05) is 48.4 Å². The molecule has 0 N–H and O–H groups in total. The van der Waals surface area contributed by atoms with Gasteiger partial charge in [0.15, 0.2) is 0 Å². The molecule has 2 aliphatic rings. The van der Waals surface area contributed by atoms with Crippen molar-refractivity contribution in [3.05, 3.63) is 66.0 Å². The van der Waals surface area contributed by atoms with Gasteiger partial charge in [0.2, 0.25) is 5.36 Å². The second-order valence-corrected chi connectivity index (χ2v) is 7.36. The van der Waals surface area contributed by atoms with Crippen molar-refractivity contribution < 1.29 is 9.15 Å². The van der Waals surface area contributed by atoms with Crippen LogP contribution in [-0.4, -0.2) is 35.3 Å². The minimum absolute atomic E-state index is 0.850. The van der Waals surface area contributed by atoms with Crippen LogP contribution in [0.5, 0.6) is 5.75 Å². The molecular formula is C24H25N2O2+. The van der Waals surface area contributed by atoms with E-state index >= 15 is 0 Å². The fraction of sp³-hybridized carbons (Fsp3) is 0.208. The number of benzene rings is 3. The molecule has 0 saturated carbocycles. The summed E-state index contributed by atoms with van der Waals surface area (Å²) >= 11 is 0. The maximum atomic E-state index is 6.36. The first-order valence-electron chi connectivity index (χ1n) is 9.30. The smallest absolute Gasteiger partial charge is 0.203 e. The van der Waals surface area contributed by atoms with Gasteiger partial charge in [0.1, 0.15) is 31.2 Å². The number of ether oxygens (including phenoxy) is 1. The van der Waals surface area contributed by atoms with E-state index in [1.54, 1.807) is 7.11 Å². The van der Waals surface area contributed by atoms with E-state index < -0.39 is 0 Å². The number of hydrogen-bond donors (Lipinski definition) is 0. The minimum atomic E-state index is 0.850. The molecule has 0 radical (unpaired) electrons. The molecule has 2 aromatic rings. The Bertz CT molecular complexity index is 1180. The van der Waals surface area contributed by atoms with Crippen LogP contribution in [0.25, 0.3) is 33.4 Å². The minimum Gasteiger partial charge on any atom is -0.497 e. The van der Waals surface area contributed by atoms with Gasteiger partial charge in [-0.3, -0.25) is 0 Å². The van der Waals surface area contributed by atoms with Crippen molar-refractivity contribution in [2.24, 2.45) is 0 Å². The quantitative estimate of drug-likeness (QED) is 0.396. The van der Waals surface area contributed by atoms with Crippen molar-refractivity contribution in [1.29, 1.82) is 0 Å². The molecule has 0 atom stereocenters. The standard InChI is InChI=1S/C24H25N2O2/c1-25(2)17-8-12-20-22(14-17)28-23-15-18(26(3)4)9-13-21(23)24(20)16-6-10-19(27-5)11-7-16/h6-15H,1-5H3/q+1. The molecule has 0 aromatic heterocycles. The maximum absolute atomic E-state index is 6.36. The summed E-state index contributed by atoms with van der Waals surface area (Å²) in [4.78, 5) is 2.09. The lowest BCUT2D eigenvalue weighted by Gasteiger charge is -2.18. The molecule has 4 nitrogen and oxygen atoms in total. The van der Waals surface area contributed by atoms with E-state index in [1.165, 1.54) is 5.56 Å². The van der Waals surface area contributed by atoms with Gasteiger partial charge in [-0.15, -0.1) is 0 Å². The van der Waals surface area contributed by atoms with Gasteiger partial charge >= 0.3 is 0 Å². The largest absolute Gasteiger partial charge is 0.497 e. The molecule has 0 spiro atoms. The van der Waals surface area contributed by atoms with Crippen LogP contribution in [0.2, 0.25) is 0 Å². The van der Waals surface area contributed by atoms with E-state index in [9.17, 15) is 0 Å². The van der Waals surface area contributed by atoms with Gasteiger partial charge in [-0.05, 0) is 35.9 Å². The second-order valence-electron chi connectivity index (χ2n) is 7.36. The van der Waals surface area contributed by atoms with Crippen molar-refractivity contribution >= 4 is 16.7 Å². The molecule has 28 heavy (non-hydrogen) atoms. The van der Waals surface area contributed by atoms with Gasteiger partial charge in [-0.2, -0.15) is 0 Å². The SMILES string of the molecule is COc1ccc(-c2c3ccc(=[N+](C)C)cc-3oc3cc(N(C)C)ccc23)cc1. The highest BCUT2D eigenvalue weighted by Gasteiger charge is 2.18. The highest BCUT2D eigenvalue weighted by atomic mass is 16.5. The summed E-state index contributed by atoms with van der Waals surface area (Å²) in [5.74, 6) is 1.73. The third-order valence-electron chi connectivity index (χ3n) is 5.10. The van der Waals surface area contributed by atoms with Crippen LogP contribution < -0.4 is 19.6 Å². The highest BCUT2D eigenvalue weighted by Crippen LogP contribution is 2.40. The molecule has 4 rings (SSSR count). The summed E-state index contributed by atoms with van der Waals surface area (Å²) in [7, 11) is 9.84. The van der Waals surface area contributed by atoms with Crippen molar-refractivity contribution in [3.8, 4) is 28.2 Å². The van der Waals surface area contributed by atoms with Crippen LogP contribution >= 0.6 is 0 Å². The first-order chi connectivity index (χ1) is 13.5. The molecule has 4 heteroatoms. The molecular weight excluding hydrogens is 348 g/mol. The van der Waals surface area contributed by atoms with E-state index in [0.717, 1.165) is 44.7 Å². The summed E-state index contributed by atoms with van der Waals surface area (Å²) in [6.45, 7) is 0. The number of methoxy groups -OCH3 is 1. The van der Waals surface area contributed by atoms with Crippen molar-refractivity contribution in [1.82, 2.24) is 4.58 Å². The number of nitrogens with zero attached hydrogens (tertiary/aromatic N) is 2. The Morgan fingerprint density at radius 1 is 0.893 bits per heavy atom. The van der Waals surface area contributed by atoms with Crippen LogP contribution in [0.1, 0.15) is 0 Å². The van der Waals surface area contributed by atoms with Crippen LogP contribution in [0, 0.1) is 0 Å². The number of anilines is 1. The van der Waals surface area contributed by atoms with Gasteiger partial charge in [0.05, 0.1) is 13.2 Å². The molecule has 1 heterocycles. The van der Waals surface area contributed by atoms with Crippen LogP contribution in [0.3, 0.4) is 0 Å². The Morgan fingerprint density at radius 3 is 2.29 bits per heavy atom. The summed E-state index contributed by atoms with van der Waals surface area (Å²) in [5, 5.41) is 2.21. The molecule has 0 bridgehead atoms. The Balaban J connectivity index is 2.09. The van der Waals surface area contributed by atoms with E-state index in [2.05, 4.69) is 58.0 Å². The average molecular weight is 373 g/mol. The van der Waals surface area contributed by atoms with E-state index in [1.807, 2.05) is 40.3 Å². The fourth-order valence-electron chi connectivity index (χ4n) is 3.49. The lowest BCUT2D eigenvalue weighted by atomic mass is 9.93. The van der Waals surface area contributed by atoms with Crippen LogP contribution in [0.15, 0.2) is 65.1 Å². The molecule has 2 aromatic carbocycles. The molecule has 0 fully saturated rings. The molecule has 1 aliphatic heterocycles. The Morgan fingerprint density at radius 2 is 1.64 bits per heavy atom. The maximum Gasteiger partial charge on any atom is 0.203 e. The lowest BCUT2D eigenvalue weighted by Crippen LogP contribution is -2.21. The molecule has 1 aliphatic carbocycles. The Kier molecular flexibility index (Phi) is 4.55. The van der Waals surface area contributed by atoms with Crippen LogP contribution in [-0.2, 0) is 0 Å². The molecule has 0 amide bonds. The van der Waals surface area contributed by atoms with Gasteiger partial charge in [-0.25, -0.2) is 4.58 Å². The summed E-state index contributed by atoms with van der Waals surface area (Å²) < 4.78 is 13.8. The second kappa shape index (κ2) is 7.04. The van der Waals surface area contributed by atoms with Crippen molar-refractivity contribution in [3.63, 3.8) is 0 Å².